The Morgan fingerprint density at radius 3 is 0.556 bits per heavy atom. The van der Waals surface area contributed by atoms with Crippen LogP contribution in [0.3, 0.4) is 0 Å². The van der Waals surface area contributed by atoms with Gasteiger partial charge in [-0.15, -0.1) is 0 Å². The van der Waals surface area contributed by atoms with Crippen LogP contribution < -0.4 is 0 Å². The Labute approximate surface area is 167 Å². The molecule has 0 amide bonds. The molecule has 0 fully saturated rings. The van der Waals surface area contributed by atoms with Crippen LogP contribution in [0.2, 0.25) is 0 Å². The van der Waals surface area contributed by atoms with Crippen molar-refractivity contribution in [2.45, 2.75) is 0 Å². The fourth-order valence-corrected chi connectivity index (χ4v) is 0. The van der Waals surface area contributed by atoms with E-state index < -0.39 is 0 Å². The monoisotopic (exact) mass is 489 g/mol. The fraction of sp³-hybridized carbons (Fsp3) is 0. The van der Waals surface area contributed by atoms with Crippen molar-refractivity contribution in [3.63, 3.8) is 0 Å². The van der Waals surface area contributed by atoms with Gasteiger partial charge in [-0.05, 0) is 0 Å². The van der Waals surface area contributed by atoms with Gasteiger partial charge in [0.25, 0.3) is 0 Å². The minimum Gasteiger partial charge on any atom is -2.00 e. The maximum Gasteiger partial charge on any atom is 3.00 e. The van der Waals surface area contributed by atoms with Gasteiger partial charge in [-0.3, -0.25) is 0 Å². The molecule has 0 atom stereocenters. The van der Waals surface area contributed by atoms with E-state index in [-0.39, 0.29) is 171 Å². The molecule has 0 N–H and O–H groups in total. The normalized spacial score (nSPS) is 0. The van der Waals surface area contributed by atoms with Gasteiger partial charge >= 0.3 is 144 Å². The third-order valence-corrected chi connectivity index (χ3v) is 0. The van der Waals surface area contributed by atoms with Gasteiger partial charge in [-0.25, -0.2) is 0 Å². The Morgan fingerprint density at radius 2 is 0.556 bits per heavy atom. The molecule has 0 aliphatic carbocycles. The quantitative estimate of drug-likeness (QED) is 0.372. The minimum atomic E-state index is 0. The second-order valence-electron chi connectivity index (χ2n) is 0. The van der Waals surface area contributed by atoms with Crippen molar-refractivity contribution in [1.29, 1.82) is 0 Å². The van der Waals surface area contributed by atoms with Gasteiger partial charge in [0.2, 0.25) is 0 Å². The van der Waals surface area contributed by atoms with Crippen molar-refractivity contribution in [3.8, 4) is 0 Å². The second-order valence-corrected chi connectivity index (χ2v) is 0. The molecule has 0 heterocycles. The molecule has 9 heavy (non-hydrogen) atoms. The molecule has 0 rings (SSSR count). The van der Waals surface area contributed by atoms with Gasteiger partial charge in [-0.2, -0.15) is 0 Å². The summed E-state index contributed by atoms with van der Waals surface area (Å²) in [4.78, 5) is 0. The van der Waals surface area contributed by atoms with Crippen molar-refractivity contribution in [2.24, 2.45) is 0 Å². The van der Waals surface area contributed by atoms with Gasteiger partial charge < -0.3 is 27.4 Å². The van der Waals surface area contributed by atoms with Crippen molar-refractivity contribution in [1.82, 2.24) is 0 Å². The van der Waals surface area contributed by atoms with Crippen molar-refractivity contribution in [3.05, 3.63) is 0 Å². The third-order valence-electron chi connectivity index (χ3n) is 0. The van der Waals surface area contributed by atoms with E-state index in [0.29, 0.717) is 0 Å². The summed E-state index contributed by atoms with van der Waals surface area (Å²) in [5.74, 6) is 0. The molecule has 0 aliphatic rings. The summed E-state index contributed by atoms with van der Waals surface area (Å²) in [7, 11) is 0. The maximum atomic E-state index is 0. The van der Waals surface area contributed by atoms with Gasteiger partial charge in [0.15, 0.2) is 0 Å². The summed E-state index contributed by atoms with van der Waals surface area (Å²) >= 11 is 0. The molecule has 0 bridgehead atoms. The SMILES string of the molecule is [Gd+3].[La+3].[Mg+2].[O-2].[O-2].[O-2].[O-2].[O-2].[Sr+2]. The number of rotatable bonds is 0. The van der Waals surface area contributed by atoms with Gasteiger partial charge in [0, 0.05) is 0 Å². The van der Waals surface area contributed by atoms with Gasteiger partial charge in [0.05, 0.1) is 0 Å². The topological polar surface area (TPSA) is 142 Å². The molecule has 0 aromatic heterocycles. The molecule has 5 nitrogen and oxygen atoms in total. The van der Waals surface area contributed by atoms with E-state index in [2.05, 4.69) is 0 Å². The summed E-state index contributed by atoms with van der Waals surface area (Å²) < 4.78 is 0. The predicted octanol–water partition coefficient (Wildman–Crippen LogP) is -1.36. The van der Waals surface area contributed by atoms with E-state index in [1.54, 1.807) is 0 Å². The smallest absolute Gasteiger partial charge is 2.00 e. The number of hydrogen-bond donors (Lipinski definition) is 0. The van der Waals surface area contributed by atoms with Crippen LogP contribution in [0.1, 0.15) is 0 Å². The first-order chi connectivity index (χ1) is 0. The summed E-state index contributed by atoms with van der Waals surface area (Å²) in [5, 5.41) is 0. The average molecular weight is 488 g/mol. The van der Waals surface area contributed by atoms with E-state index in [9.17, 15) is 0 Å². The zero-order valence-corrected chi connectivity index (χ0v) is 15.2. The van der Waals surface area contributed by atoms with Crippen LogP contribution in [-0.4, -0.2) is 68.5 Å². The molecule has 0 spiro atoms. The molecular formula is GdLaMgO5Sr. The number of hydrogen-bond acceptors (Lipinski definition) is 0. The Bertz CT molecular complexity index is 16.9. The first kappa shape index (κ1) is 103. The molecular weight excluding hydrogens is 488 g/mol. The summed E-state index contributed by atoms with van der Waals surface area (Å²) in [6.07, 6.45) is 0. The largest absolute Gasteiger partial charge is 3.00 e. The van der Waals surface area contributed by atoms with Crippen LogP contribution in [0.5, 0.6) is 0 Å². The zero-order valence-electron chi connectivity index (χ0n) is 4.39. The standard InChI is InChI=1S/Gd.La.Mg.5O.Sr/q2*+3;+2;5*-2;+2. The van der Waals surface area contributed by atoms with Gasteiger partial charge in [-0.1, -0.05) is 0 Å². The van der Waals surface area contributed by atoms with E-state index in [0.717, 1.165) is 0 Å². The fourth-order valence-electron chi connectivity index (χ4n) is 0. The second kappa shape index (κ2) is 80.6. The predicted molar refractivity (Wildman–Crippen MR) is 14.9 cm³/mol. The van der Waals surface area contributed by atoms with Crippen LogP contribution in [0.15, 0.2) is 0 Å². The Balaban J connectivity index is 0. The Morgan fingerprint density at radius 1 is 0.556 bits per heavy atom. The van der Waals surface area contributed by atoms with Crippen LogP contribution in [-0.2, 0) is 27.4 Å². The first-order valence-electron chi connectivity index (χ1n) is 0. The summed E-state index contributed by atoms with van der Waals surface area (Å²) in [5.41, 5.74) is 0. The maximum absolute atomic E-state index is 0. The summed E-state index contributed by atoms with van der Waals surface area (Å²) in [6, 6.07) is 0. The third kappa shape index (κ3) is 67.3. The van der Waals surface area contributed by atoms with Crippen LogP contribution in [0, 0.1) is 75.5 Å². The Hall–Kier alpha value is 4.57. The minimum absolute atomic E-state index is 0. The van der Waals surface area contributed by atoms with Crippen molar-refractivity contribution in [2.75, 3.05) is 0 Å². The van der Waals surface area contributed by atoms with Crippen LogP contribution in [0.25, 0.3) is 0 Å². The molecule has 0 saturated heterocycles. The van der Waals surface area contributed by atoms with E-state index in [1.807, 2.05) is 0 Å². The molecule has 1 radical (unpaired) electrons. The molecule has 0 aromatic rings. The van der Waals surface area contributed by atoms with E-state index in [1.165, 1.54) is 0 Å². The first-order valence-corrected chi connectivity index (χ1v) is 0. The van der Waals surface area contributed by atoms with Crippen LogP contribution in [0.4, 0.5) is 0 Å². The molecule has 0 aliphatic heterocycles. The summed E-state index contributed by atoms with van der Waals surface area (Å²) in [6.45, 7) is 0. The Kier molecular flexibility index (Phi) is 920. The van der Waals surface area contributed by atoms with E-state index in [4.69, 9.17) is 0 Å². The van der Waals surface area contributed by atoms with Crippen LogP contribution >= 0.6 is 0 Å². The van der Waals surface area contributed by atoms with Gasteiger partial charge in [0.1, 0.15) is 0 Å². The van der Waals surface area contributed by atoms with Crippen molar-refractivity contribution < 1.29 is 103 Å². The zero-order chi connectivity index (χ0) is 0. The molecule has 9 heteroatoms. The average Bonchev–Trinajstić information content (AvgIpc) is 0. The molecule has 0 unspecified atom stereocenters. The van der Waals surface area contributed by atoms with E-state index >= 15 is 0 Å². The molecule has 0 aromatic carbocycles. The molecule has 45 valence electrons. The van der Waals surface area contributed by atoms with Crippen molar-refractivity contribution >= 4 is 68.5 Å². The molecule has 0 saturated carbocycles.